The minimum absolute atomic E-state index is 0.0533. The van der Waals surface area contributed by atoms with Gasteiger partial charge in [-0.05, 0) is 23.8 Å². The number of hydrogen-bond donors (Lipinski definition) is 2. The highest BCUT2D eigenvalue weighted by Gasteiger charge is 2.10. The zero-order chi connectivity index (χ0) is 16.3. The third-order valence-corrected chi connectivity index (χ3v) is 3.12. The van der Waals surface area contributed by atoms with Gasteiger partial charge in [0.25, 0.3) is 5.69 Å². The number of phenols is 2. The maximum Gasteiger partial charge on any atom is 0.270 e. The maximum atomic E-state index is 12.0. The second kappa shape index (κ2) is 6.28. The Kier molecular flexibility index (Phi) is 4.43. The molecule has 0 aliphatic carbocycles. The number of nitro groups is 1. The summed E-state index contributed by atoms with van der Waals surface area (Å²) in [6.07, 6.45) is 2.58. The van der Waals surface area contributed by atoms with Crippen LogP contribution >= 0.6 is 11.6 Å². The predicted octanol–water partition coefficient (Wildman–Crippen LogP) is 3.56. The maximum absolute atomic E-state index is 12.0. The predicted molar refractivity (Wildman–Crippen MR) is 81.2 cm³/mol. The summed E-state index contributed by atoms with van der Waals surface area (Å²) in [5, 5.41) is 29.4. The van der Waals surface area contributed by atoms with E-state index >= 15 is 0 Å². The molecule has 0 aliphatic heterocycles. The van der Waals surface area contributed by atoms with Gasteiger partial charge in [-0.15, -0.1) is 0 Å². The zero-order valence-electron chi connectivity index (χ0n) is 11.1. The molecular weight excluding hydrogens is 310 g/mol. The standard InChI is InChI=1S/C15H10ClNO5/c16-12-6-9(7-14(19)15(12)20)4-5-13(18)10-2-1-3-11(8-10)17(21)22/h1-8,19-20H/b5-4+. The molecule has 0 aliphatic rings. The molecule has 0 heterocycles. The van der Waals surface area contributed by atoms with E-state index in [1.165, 1.54) is 48.6 Å². The monoisotopic (exact) mass is 319 g/mol. The van der Waals surface area contributed by atoms with Crippen LogP contribution in [0.25, 0.3) is 6.08 Å². The summed E-state index contributed by atoms with van der Waals surface area (Å²) in [5.41, 5.74) is 0.392. The number of hydrogen-bond acceptors (Lipinski definition) is 5. The van der Waals surface area contributed by atoms with Crippen LogP contribution in [0, 0.1) is 10.1 Å². The second-order valence-electron chi connectivity index (χ2n) is 4.38. The fourth-order valence-electron chi connectivity index (χ4n) is 1.74. The normalized spacial score (nSPS) is 10.8. The molecule has 0 saturated carbocycles. The molecule has 0 aromatic heterocycles. The first kappa shape index (κ1) is 15.5. The Morgan fingerprint density at radius 1 is 1.23 bits per heavy atom. The molecule has 0 spiro atoms. The Bertz CT molecular complexity index is 762. The van der Waals surface area contributed by atoms with E-state index in [0.29, 0.717) is 5.56 Å². The van der Waals surface area contributed by atoms with Crippen molar-refractivity contribution >= 4 is 29.1 Å². The first-order chi connectivity index (χ1) is 10.4. The van der Waals surface area contributed by atoms with Crippen molar-refractivity contribution < 1.29 is 19.9 Å². The lowest BCUT2D eigenvalue weighted by Gasteiger charge is -2.02. The van der Waals surface area contributed by atoms with E-state index in [1.807, 2.05) is 0 Å². The molecule has 0 bridgehead atoms. The van der Waals surface area contributed by atoms with Gasteiger partial charge in [-0.25, -0.2) is 0 Å². The molecule has 0 saturated heterocycles. The Morgan fingerprint density at radius 3 is 2.59 bits per heavy atom. The van der Waals surface area contributed by atoms with Crippen LogP contribution in [-0.2, 0) is 0 Å². The van der Waals surface area contributed by atoms with Gasteiger partial charge >= 0.3 is 0 Å². The molecule has 0 atom stereocenters. The van der Waals surface area contributed by atoms with Crippen LogP contribution < -0.4 is 0 Å². The quantitative estimate of drug-likeness (QED) is 0.295. The van der Waals surface area contributed by atoms with Crippen LogP contribution in [0.5, 0.6) is 11.5 Å². The van der Waals surface area contributed by atoms with E-state index < -0.39 is 22.2 Å². The topological polar surface area (TPSA) is 101 Å². The molecule has 2 aromatic rings. The van der Waals surface area contributed by atoms with E-state index in [1.54, 1.807) is 0 Å². The Hall–Kier alpha value is -2.86. The number of halogens is 1. The summed E-state index contributed by atoms with van der Waals surface area (Å²) in [4.78, 5) is 22.1. The van der Waals surface area contributed by atoms with Gasteiger partial charge in [0.1, 0.15) is 0 Å². The number of nitro benzene ring substituents is 1. The fourth-order valence-corrected chi connectivity index (χ4v) is 1.96. The molecule has 0 amide bonds. The second-order valence-corrected chi connectivity index (χ2v) is 4.78. The van der Waals surface area contributed by atoms with Crippen LogP contribution in [0.4, 0.5) is 5.69 Å². The number of carbonyl (C=O) groups excluding carboxylic acids is 1. The van der Waals surface area contributed by atoms with Crippen molar-refractivity contribution in [2.45, 2.75) is 0 Å². The summed E-state index contributed by atoms with van der Waals surface area (Å²) < 4.78 is 0. The molecule has 112 valence electrons. The zero-order valence-corrected chi connectivity index (χ0v) is 11.8. The summed E-state index contributed by atoms with van der Waals surface area (Å²) in [7, 11) is 0. The molecular formula is C15H10ClNO5. The fraction of sp³-hybridized carbons (Fsp3) is 0. The Balaban J connectivity index is 2.25. The number of phenolic OH excluding ortho intramolecular Hbond substituents is 2. The average Bonchev–Trinajstić information content (AvgIpc) is 2.50. The lowest BCUT2D eigenvalue weighted by atomic mass is 10.1. The smallest absolute Gasteiger partial charge is 0.270 e. The molecule has 2 N–H and O–H groups in total. The molecule has 2 aromatic carbocycles. The highest BCUT2D eigenvalue weighted by atomic mass is 35.5. The van der Waals surface area contributed by atoms with Gasteiger partial charge in [0.05, 0.1) is 9.95 Å². The number of nitrogens with zero attached hydrogens (tertiary/aromatic N) is 1. The number of aromatic hydroxyl groups is 2. The minimum Gasteiger partial charge on any atom is -0.504 e. The van der Waals surface area contributed by atoms with Crippen LogP contribution in [0.1, 0.15) is 15.9 Å². The summed E-state index contributed by atoms with van der Waals surface area (Å²) in [6.45, 7) is 0. The number of allylic oxidation sites excluding steroid dienone is 1. The molecule has 2 rings (SSSR count). The first-order valence-electron chi connectivity index (χ1n) is 6.07. The SMILES string of the molecule is O=C(/C=C/c1cc(O)c(O)c(Cl)c1)c1cccc([N+](=O)[O-])c1. The van der Waals surface area contributed by atoms with Crippen LogP contribution in [0.2, 0.25) is 5.02 Å². The molecule has 6 nitrogen and oxygen atoms in total. The van der Waals surface area contributed by atoms with Crippen LogP contribution in [-0.4, -0.2) is 20.9 Å². The van der Waals surface area contributed by atoms with Gasteiger partial charge in [0, 0.05) is 17.7 Å². The van der Waals surface area contributed by atoms with Crippen molar-refractivity contribution in [1.29, 1.82) is 0 Å². The molecule has 0 fully saturated rings. The van der Waals surface area contributed by atoms with E-state index in [0.717, 1.165) is 0 Å². The number of benzene rings is 2. The van der Waals surface area contributed by atoms with Gasteiger partial charge in [-0.3, -0.25) is 14.9 Å². The average molecular weight is 320 g/mol. The third kappa shape index (κ3) is 3.42. The number of rotatable bonds is 4. The van der Waals surface area contributed by atoms with E-state index in [4.69, 9.17) is 11.6 Å². The highest BCUT2D eigenvalue weighted by Crippen LogP contribution is 2.34. The molecule has 22 heavy (non-hydrogen) atoms. The lowest BCUT2D eigenvalue weighted by molar-refractivity contribution is -0.384. The Labute approximate surface area is 130 Å². The van der Waals surface area contributed by atoms with Gasteiger partial charge in [-0.2, -0.15) is 0 Å². The number of non-ortho nitro benzene ring substituents is 1. The van der Waals surface area contributed by atoms with Crippen LogP contribution in [0.3, 0.4) is 0 Å². The van der Waals surface area contributed by atoms with E-state index in [-0.39, 0.29) is 16.3 Å². The van der Waals surface area contributed by atoms with Crippen molar-refractivity contribution in [1.82, 2.24) is 0 Å². The lowest BCUT2D eigenvalue weighted by Crippen LogP contribution is -1.96. The highest BCUT2D eigenvalue weighted by molar-refractivity contribution is 6.32. The summed E-state index contributed by atoms with van der Waals surface area (Å²) in [6, 6.07) is 7.95. The van der Waals surface area contributed by atoms with E-state index in [2.05, 4.69) is 0 Å². The van der Waals surface area contributed by atoms with Crippen molar-refractivity contribution in [3.8, 4) is 11.5 Å². The molecule has 7 heteroatoms. The molecule has 0 radical (unpaired) electrons. The summed E-state index contributed by atoms with van der Waals surface area (Å²) >= 11 is 5.70. The van der Waals surface area contributed by atoms with Crippen molar-refractivity contribution in [2.24, 2.45) is 0 Å². The van der Waals surface area contributed by atoms with Gasteiger partial charge in [0.2, 0.25) is 0 Å². The van der Waals surface area contributed by atoms with E-state index in [9.17, 15) is 25.1 Å². The van der Waals surface area contributed by atoms with Crippen LogP contribution in [0.15, 0.2) is 42.5 Å². The van der Waals surface area contributed by atoms with Crippen molar-refractivity contribution in [3.05, 3.63) is 68.7 Å². The van der Waals surface area contributed by atoms with Crippen molar-refractivity contribution in [2.75, 3.05) is 0 Å². The largest absolute Gasteiger partial charge is 0.504 e. The van der Waals surface area contributed by atoms with Crippen molar-refractivity contribution in [3.63, 3.8) is 0 Å². The first-order valence-corrected chi connectivity index (χ1v) is 6.44. The molecule has 0 unspecified atom stereocenters. The van der Waals surface area contributed by atoms with Gasteiger partial charge in [0.15, 0.2) is 17.3 Å². The van der Waals surface area contributed by atoms with Gasteiger partial charge in [-0.1, -0.05) is 29.8 Å². The number of ketones is 1. The minimum atomic E-state index is -0.585. The Morgan fingerprint density at radius 2 is 1.95 bits per heavy atom. The summed E-state index contributed by atoms with van der Waals surface area (Å²) in [5.74, 6) is -1.29. The number of carbonyl (C=O) groups is 1. The third-order valence-electron chi connectivity index (χ3n) is 2.83. The van der Waals surface area contributed by atoms with Gasteiger partial charge < -0.3 is 10.2 Å².